The second-order valence-electron chi connectivity index (χ2n) is 8.08. The molecule has 1 atom stereocenters. The topological polar surface area (TPSA) is 95.9 Å². The van der Waals surface area contributed by atoms with E-state index in [9.17, 15) is 9.59 Å². The number of carbonyl (C=O) groups excluding carboxylic acids is 1. The van der Waals surface area contributed by atoms with Crippen LogP contribution in [0.1, 0.15) is 12.5 Å². The third-order valence-electron chi connectivity index (χ3n) is 5.57. The van der Waals surface area contributed by atoms with Crippen LogP contribution in [0, 0.1) is 3.57 Å². The highest BCUT2D eigenvalue weighted by atomic mass is 127. The van der Waals surface area contributed by atoms with Crippen LogP contribution in [0.4, 0.5) is 0 Å². The third-order valence-corrected chi connectivity index (χ3v) is 6.90. The first-order valence-corrected chi connectivity index (χ1v) is 13.0. The minimum atomic E-state index is -0.743. The number of hydrogen-bond donors (Lipinski definition) is 0. The third kappa shape index (κ3) is 5.16. The Bertz CT molecular complexity index is 1740. The number of aromatic nitrogens is 2. The zero-order valence-corrected chi connectivity index (χ0v) is 23.4. The van der Waals surface area contributed by atoms with E-state index in [1.165, 1.54) is 11.8 Å². The Morgan fingerprint density at radius 3 is 2.76 bits per heavy atom. The van der Waals surface area contributed by atoms with Crippen molar-refractivity contribution in [1.29, 1.82) is 0 Å². The van der Waals surface area contributed by atoms with E-state index < -0.39 is 12.1 Å². The largest absolute Gasteiger partial charge is 0.478 e. The number of benzene rings is 3. The molecule has 186 valence electrons. The van der Waals surface area contributed by atoms with Gasteiger partial charge >= 0.3 is 5.97 Å². The lowest BCUT2D eigenvalue weighted by Crippen LogP contribution is -2.25. The van der Waals surface area contributed by atoms with Crippen molar-refractivity contribution < 1.29 is 18.7 Å². The summed E-state index contributed by atoms with van der Waals surface area (Å²) in [6, 6.07) is 20.0. The van der Waals surface area contributed by atoms with Gasteiger partial charge < -0.3 is 13.9 Å². The summed E-state index contributed by atoms with van der Waals surface area (Å²) < 4.78 is 19.4. The fraction of sp³-hybridized carbons (Fsp3) is 0.111. The molecule has 0 unspecified atom stereocenters. The standard InChI is InChI=1S/C27H19BrIN3O5/c1-15(27(34)35-2)36-23-9-7-16(11-20(23)29)14-30-32-25(31-21-6-4-3-5-19(21)26(32)33)24-13-17-12-18(28)8-10-22(17)37-24/h3-15H,1-2H3/t15-/m1/s1. The average Bonchev–Trinajstić information content (AvgIpc) is 3.32. The summed E-state index contributed by atoms with van der Waals surface area (Å²) in [5.41, 5.74) is 1.62. The molecular weight excluding hydrogens is 653 g/mol. The van der Waals surface area contributed by atoms with Gasteiger partial charge in [0.1, 0.15) is 11.3 Å². The summed E-state index contributed by atoms with van der Waals surface area (Å²) in [6.45, 7) is 1.62. The molecule has 0 fully saturated rings. The number of esters is 1. The fourth-order valence-corrected chi connectivity index (χ4v) is 4.78. The second kappa shape index (κ2) is 10.5. The van der Waals surface area contributed by atoms with Crippen LogP contribution in [-0.4, -0.2) is 35.1 Å². The maximum absolute atomic E-state index is 13.4. The number of fused-ring (bicyclic) bond motifs is 2. The van der Waals surface area contributed by atoms with Crippen molar-refractivity contribution in [3.63, 3.8) is 0 Å². The summed E-state index contributed by atoms with van der Waals surface area (Å²) in [5, 5.41) is 5.80. The summed E-state index contributed by atoms with van der Waals surface area (Å²) >= 11 is 5.59. The first-order valence-electron chi connectivity index (χ1n) is 11.1. The van der Waals surface area contributed by atoms with Crippen molar-refractivity contribution >= 4 is 72.6 Å². The molecule has 3 aromatic carbocycles. The number of carbonyl (C=O) groups is 1. The van der Waals surface area contributed by atoms with Crippen LogP contribution in [0.3, 0.4) is 0 Å². The van der Waals surface area contributed by atoms with Gasteiger partial charge in [-0.3, -0.25) is 4.79 Å². The highest BCUT2D eigenvalue weighted by molar-refractivity contribution is 14.1. The van der Waals surface area contributed by atoms with Gasteiger partial charge in [0, 0.05) is 9.86 Å². The molecular formula is C27H19BrIN3O5. The van der Waals surface area contributed by atoms with Gasteiger partial charge in [-0.2, -0.15) is 9.78 Å². The number of ether oxygens (including phenoxy) is 2. The molecule has 0 amide bonds. The van der Waals surface area contributed by atoms with Crippen molar-refractivity contribution in [2.75, 3.05) is 7.11 Å². The molecule has 0 aliphatic rings. The van der Waals surface area contributed by atoms with Crippen molar-refractivity contribution in [2.45, 2.75) is 13.0 Å². The molecule has 0 N–H and O–H groups in total. The Morgan fingerprint density at radius 2 is 1.97 bits per heavy atom. The maximum Gasteiger partial charge on any atom is 0.346 e. The predicted octanol–water partition coefficient (Wildman–Crippen LogP) is 6.00. The number of para-hydroxylation sites is 1. The van der Waals surface area contributed by atoms with E-state index in [4.69, 9.17) is 18.9 Å². The molecule has 0 bridgehead atoms. The number of furan rings is 1. The van der Waals surface area contributed by atoms with Gasteiger partial charge in [-0.25, -0.2) is 9.78 Å². The van der Waals surface area contributed by atoms with Gasteiger partial charge in [-0.15, -0.1) is 0 Å². The highest BCUT2D eigenvalue weighted by Crippen LogP contribution is 2.29. The second-order valence-corrected chi connectivity index (χ2v) is 10.2. The Hall–Kier alpha value is -3.51. The summed E-state index contributed by atoms with van der Waals surface area (Å²) in [5.74, 6) is 0.779. The first-order chi connectivity index (χ1) is 17.8. The SMILES string of the molecule is COC(=O)[C@@H](C)Oc1ccc(C=Nn2c(-c3cc4cc(Br)ccc4o3)nc3ccccc3c2=O)cc1I. The Kier molecular flexibility index (Phi) is 7.11. The van der Waals surface area contributed by atoms with Gasteiger partial charge in [-0.05, 0) is 89.7 Å². The lowest BCUT2D eigenvalue weighted by atomic mass is 10.2. The van der Waals surface area contributed by atoms with Crippen LogP contribution in [0.2, 0.25) is 0 Å². The Balaban J connectivity index is 1.56. The number of hydrogen-bond acceptors (Lipinski definition) is 7. The number of halogens is 2. The Labute approximate surface area is 233 Å². The van der Waals surface area contributed by atoms with E-state index in [-0.39, 0.29) is 11.4 Å². The fourth-order valence-electron chi connectivity index (χ4n) is 3.74. The highest BCUT2D eigenvalue weighted by Gasteiger charge is 2.18. The van der Waals surface area contributed by atoms with Crippen LogP contribution >= 0.6 is 38.5 Å². The van der Waals surface area contributed by atoms with Crippen LogP contribution in [0.25, 0.3) is 33.5 Å². The molecule has 5 aromatic rings. The smallest absolute Gasteiger partial charge is 0.346 e. The van der Waals surface area contributed by atoms with Gasteiger partial charge in [-0.1, -0.05) is 28.1 Å². The quantitative estimate of drug-likeness (QED) is 0.125. The number of rotatable bonds is 6. The predicted molar refractivity (Wildman–Crippen MR) is 153 cm³/mol. The van der Waals surface area contributed by atoms with Crippen molar-refractivity contribution in [2.24, 2.45) is 5.10 Å². The lowest BCUT2D eigenvalue weighted by molar-refractivity contribution is -0.147. The van der Waals surface area contributed by atoms with Gasteiger partial charge in [0.2, 0.25) is 5.82 Å². The van der Waals surface area contributed by atoms with Crippen LogP contribution < -0.4 is 10.3 Å². The first kappa shape index (κ1) is 25.2. The summed E-state index contributed by atoms with van der Waals surface area (Å²) in [6.07, 6.45) is 0.822. The molecule has 0 saturated carbocycles. The Morgan fingerprint density at radius 1 is 1.16 bits per heavy atom. The normalized spacial score (nSPS) is 12.3. The molecule has 0 radical (unpaired) electrons. The monoisotopic (exact) mass is 671 g/mol. The van der Waals surface area contributed by atoms with E-state index in [1.54, 1.807) is 43.5 Å². The molecule has 8 nitrogen and oxygen atoms in total. The molecule has 0 aliphatic carbocycles. The number of nitrogens with zero attached hydrogens (tertiary/aromatic N) is 3. The van der Waals surface area contributed by atoms with Crippen molar-refractivity contribution in [3.05, 3.63) is 90.7 Å². The summed E-state index contributed by atoms with van der Waals surface area (Å²) in [7, 11) is 1.31. The zero-order valence-electron chi connectivity index (χ0n) is 19.6. The molecule has 10 heteroatoms. The van der Waals surface area contributed by atoms with E-state index in [0.717, 1.165) is 19.0 Å². The van der Waals surface area contributed by atoms with Crippen LogP contribution in [0.15, 0.2) is 85.5 Å². The lowest BCUT2D eigenvalue weighted by Gasteiger charge is -2.14. The van der Waals surface area contributed by atoms with E-state index in [1.807, 2.05) is 36.4 Å². The minimum Gasteiger partial charge on any atom is -0.478 e. The van der Waals surface area contributed by atoms with Crippen molar-refractivity contribution in [3.8, 4) is 17.3 Å². The maximum atomic E-state index is 13.4. The molecule has 5 rings (SSSR count). The molecule has 2 aromatic heterocycles. The molecule has 0 saturated heterocycles. The zero-order chi connectivity index (χ0) is 26.1. The summed E-state index contributed by atoms with van der Waals surface area (Å²) in [4.78, 5) is 29.8. The van der Waals surface area contributed by atoms with Crippen LogP contribution in [-0.2, 0) is 9.53 Å². The van der Waals surface area contributed by atoms with Crippen LogP contribution in [0.5, 0.6) is 5.75 Å². The number of methoxy groups -OCH3 is 1. The molecule has 37 heavy (non-hydrogen) atoms. The molecule has 2 heterocycles. The minimum absolute atomic E-state index is 0.286. The van der Waals surface area contributed by atoms with E-state index in [2.05, 4.69) is 43.6 Å². The average molecular weight is 672 g/mol. The molecule has 0 spiro atoms. The van der Waals surface area contributed by atoms with Gasteiger partial charge in [0.05, 0.1) is 27.8 Å². The van der Waals surface area contributed by atoms with Gasteiger partial charge in [0.25, 0.3) is 5.56 Å². The van der Waals surface area contributed by atoms with E-state index >= 15 is 0 Å². The van der Waals surface area contributed by atoms with Crippen molar-refractivity contribution in [1.82, 2.24) is 9.66 Å². The molecule has 0 aliphatic heterocycles. The van der Waals surface area contributed by atoms with Gasteiger partial charge in [0.15, 0.2) is 11.9 Å². The van der Waals surface area contributed by atoms with E-state index in [0.29, 0.717) is 28.0 Å².